The normalized spacial score (nSPS) is 9.50. The van der Waals surface area contributed by atoms with Crippen LogP contribution in [0.3, 0.4) is 0 Å². The summed E-state index contributed by atoms with van der Waals surface area (Å²) in [6.07, 6.45) is 1.08. The topological polar surface area (TPSA) is 78.9 Å². The van der Waals surface area contributed by atoms with Crippen LogP contribution in [0.2, 0.25) is 0 Å². The second-order valence-corrected chi connectivity index (χ2v) is 4.16. The van der Waals surface area contributed by atoms with Crippen LogP contribution in [0.4, 0.5) is 5.69 Å². The second kappa shape index (κ2) is 6.13. The lowest BCUT2D eigenvalue weighted by Gasteiger charge is -2.06. The minimum absolute atomic E-state index is 0.289. The Hall–Kier alpha value is -1.54. The van der Waals surface area contributed by atoms with Crippen LogP contribution in [0.25, 0.3) is 0 Å². The Morgan fingerprint density at radius 3 is 2.88 bits per heavy atom. The molecule has 1 amide bonds. The van der Waals surface area contributed by atoms with E-state index in [-0.39, 0.29) is 5.91 Å². The Balaban J connectivity index is 2.47. The van der Waals surface area contributed by atoms with Crippen LogP contribution >= 0.6 is 15.9 Å². The third-order valence-electron chi connectivity index (χ3n) is 2.02. The minimum Gasteiger partial charge on any atom is -0.385 e. The van der Waals surface area contributed by atoms with E-state index in [0.29, 0.717) is 24.9 Å². The van der Waals surface area contributed by atoms with Crippen molar-refractivity contribution in [1.29, 1.82) is 5.26 Å². The maximum absolute atomic E-state index is 10.5. The number of halogens is 1. The van der Waals surface area contributed by atoms with Gasteiger partial charge in [0.25, 0.3) is 0 Å². The van der Waals surface area contributed by atoms with Gasteiger partial charge >= 0.3 is 0 Å². The number of rotatable bonds is 5. The summed E-state index contributed by atoms with van der Waals surface area (Å²) in [5.41, 5.74) is 6.54. The van der Waals surface area contributed by atoms with Gasteiger partial charge in [-0.25, -0.2) is 0 Å². The molecule has 0 unspecified atom stereocenters. The number of nitrogens with two attached hydrogens (primary N) is 1. The van der Waals surface area contributed by atoms with E-state index in [4.69, 9.17) is 11.0 Å². The van der Waals surface area contributed by atoms with E-state index in [2.05, 4.69) is 27.3 Å². The quantitative estimate of drug-likeness (QED) is 0.811. The van der Waals surface area contributed by atoms with Gasteiger partial charge < -0.3 is 11.1 Å². The molecule has 3 N–H and O–H groups in total. The summed E-state index contributed by atoms with van der Waals surface area (Å²) >= 11 is 3.30. The molecule has 0 fully saturated rings. The smallest absolute Gasteiger partial charge is 0.217 e. The molecule has 0 saturated carbocycles. The molecule has 5 heteroatoms. The summed E-state index contributed by atoms with van der Waals surface area (Å²) < 4.78 is 0.759. The first kappa shape index (κ1) is 12.5. The molecule has 0 saturated heterocycles. The highest BCUT2D eigenvalue weighted by Gasteiger charge is 2.00. The van der Waals surface area contributed by atoms with Gasteiger partial charge in [0.2, 0.25) is 5.91 Å². The Morgan fingerprint density at radius 1 is 1.56 bits per heavy atom. The molecule has 16 heavy (non-hydrogen) atoms. The fourth-order valence-electron chi connectivity index (χ4n) is 1.21. The minimum atomic E-state index is -0.289. The number of carbonyl (C=O) groups excluding carboxylic acids is 1. The molecule has 1 aromatic carbocycles. The Kier molecular flexibility index (Phi) is 4.80. The summed E-state index contributed by atoms with van der Waals surface area (Å²) in [6, 6.07) is 7.47. The van der Waals surface area contributed by atoms with Crippen LogP contribution < -0.4 is 11.1 Å². The molecule has 0 atom stereocenters. The molecule has 0 radical (unpaired) electrons. The third-order valence-corrected chi connectivity index (χ3v) is 2.67. The number of amides is 1. The van der Waals surface area contributed by atoms with Crippen LogP contribution in [0.15, 0.2) is 22.7 Å². The van der Waals surface area contributed by atoms with E-state index in [1.165, 1.54) is 0 Å². The second-order valence-electron chi connectivity index (χ2n) is 3.30. The number of benzene rings is 1. The molecule has 1 aromatic rings. The number of nitrogens with zero attached hydrogens (tertiary/aromatic N) is 1. The molecule has 84 valence electrons. The van der Waals surface area contributed by atoms with Gasteiger partial charge in [-0.1, -0.05) is 0 Å². The molecule has 0 spiro atoms. The van der Waals surface area contributed by atoms with Gasteiger partial charge in [-0.05, 0) is 40.5 Å². The number of nitrogens with one attached hydrogen (secondary N) is 1. The van der Waals surface area contributed by atoms with Crippen LogP contribution in [0, 0.1) is 11.3 Å². The van der Waals surface area contributed by atoms with Crippen molar-refractivity contribution in [3.63, 3.8) is 0 Å². The van der Waals surface area contributed by atoms with E-state index in [1.54, 1.807) is 6.07 Å². The molecule has 1 rings (SSSR count). The molecular weight excluding hydrogens is 270 g/mol. The molecule has 0 aliphatic rings. The van der Waals surface area contributed by atoms with Gasteiger partial charge in [0.15, 0.2) is 0 Å². The van der Waals surface area contributed by atoms with E-state index >= 15 is 0 Å². The van der Waals surface area contributed by atoms with Gasteiger partial charge in [0, 0.05) is 23.1 Å². The van der Waals surface area contributed by atoms with Crippen LogP contribution in [0.5, 0.6) is 0 Å². The lowest BCUT2D eigenvalue weighted by atomic mass is 10.2. The summed E-state index contributed by atoms with van der Waals surface area (Å²) in [5, 5.41) is 11.9. The number of primary amides is 1. The standard InChI is InChI=1S/C11H12BrN3O/c12-10-6-9(4-3-8(10)7-13)15-5-1-2-11(14)16/h3-4,6,15H,1-2,5H2,(H2,14,16). The van der Waals surface area contributed by atoms with Crippen LogP contribution in [0.1, 0.15) is 18.4 Å². The molecule has 0 heterocycles. The van der Waals surface area contributed by atoms with Gasteiger partial charge in [-0.2, -0.15) is 5.26 Å². The summed E-state index contributed by atoms with van der Waals surface area (Å²) in [6.45, 7) is 0.682. The molecule has 0 bridgehead atoms. The molecular formula is C11H12BrN3O. The number of nitriles is 1. The van der Waals surface area contributed by atoms with Crippen LogP contribution in [-0.4, -0.2) is 12.5 Å². The highest BCUT2D eigenvalue weighted by Crippen LogP contribution is 2.20. The van der Waals surface area contributed by atoms with E-state index in [1.807, 2.05) is 12.1 Å². The maximum Gasteiger partial charge on any atom is 0.217 e. The van der Waals surface area contributed by atoms with E-state index < -0.39 is 0 Å². The predicted octanol–water partition coefficient (Wildman–Crippen LogP) is 2.00. The average molecular weight is 282 g/mol. The van der Waals surface area contributed by atoms with E-state index in [0.717, 1.165) is 10.2 Å². The highest BCUT2D eigenvalue weighted by atomic mass is 79.9. The SMILES string of the molecule is N#Cc1ccc(NCCCC(N)=O)cc1Br. The summed E-state index contributed by atoms with van der Waals surface area (Å²) in [4.78, 5) is 10.5. The first-order valence-corrected chi connectivity index (χ1v) is 5.64. The monoisotopic (exact) mass is 281 g/mol. The van der Waals surface area contributed by atoms with Gasteiger partial charge in [-0.15, -0.1) is 0 Å². The number of anilines is 1. The fraction of sp³-hybridized carbons (Fsp3) is 0.273. The number of carbonyl (C=O) groups is 1. The summed E-state index contributed by atoms with van der Waals surface area (Å²) in [5.74, 6) is -0.289. The van der Waals surface area contributed by atoms with Crippen molar-refractivity contribution in [2.24, 2.45) is 5.73 Å². The first-order valence-electron chi connectivity index (χ1n) is 4.85. The number of hydrogen-bond donors (Lipinski definition) is 2. The van der Waals surface area contributed by atoms with Crippen molar-refractivity contribution in [1.82, 2.24) is 0 Å². The van der Waals surface area contributed by atoms with Gasteiger partial charge in [0.1, 0.15) is 6.07 Å². The predicted molar refractivity (Wildman–Crippen MR) is 65.8 cm³/mol. The zero-order valence-electron chi connectivity index (χ0n) is 8.66. The Morgan fingerprint density at radius 2 is 2.31 bits per heavy atom. The Labute approximate surface area is 103 Å². The van der Waals surface area contributed by atoms with Crippen LogP contribution in [-0.2, 0) is 4.79 Å². The average Bonchev–Trinajstić information content (AvgIpc) is 2.24. The fourth-order valence-corrected chi connectivity index (χ4v) is 1.68. The largest absolute Gasteiger partial charge is 0.385 e. The molecule has 4 nitrogen and oxygen atoms in total. The van der Waals surface area contributed by atoms with Crippen molar-refractivity contribution in [3.05, 3.63) is 28.2 Å². The van der Waals surface area contributed by atoms with Crippen molar-refractivity contribution in [3.8, 4) is 6.07 Å². The molecule has 0 aromatic heterocycles. The lowest BCUT2D eigenvalue weighted by Crippen LogP contribution is -2.12. The summed E-state index contributed by atoms with van der Waals surface area (Å²) in [7, 11) is 0. The van der Waals surface area contributed by atoms with Crippen molar-refractivity contribution >= 4 is 27.5 Å². The van der Waals surface area contributed by atoms with Crippen molar-refractivity contribution < 1.29 is 4.79 Å². The molecule has 0 aliphatic heterocycles. The highest BCUT2D eigenvalue weighted by molar-refractivity contribution is 9.10. The zero-order chi connectivity index (χ0) is 12.0. The zero-order valence-corrected chi connectivity index (χ0v) is 10.3. The van der Waals surface area contributed by atoms with Crippen molar-refractivity contribution in [2.75, 3.05) is 11.9 Å². The van der Waals surface area contributed by atoms with E-state index in [9.17, 15) is 4.79 Å². The Bertz CT molecular complexity index is 426. The first-order chi connectivity index (χ1) is 7.63. The van der Waals surface area contributed by atoms with Gasteiger partial charge in [-0.3, -0.25) is 4.79 Å². The van der Waals surface area contributed by atoms with Crippen molar-refractivity contribution in [2.45, 2.75) is 12.8 Å². The maximum atomic E-state index is 10.5. The van der Waals surface area contributed by atoms with Gasteiger partial charge in [0.05, 0.1) is 5.56 Å². The number of hydrogen-bond acceptors (Lipinski definition) is 3. The molecule has 0 aliphatic carbocycles. The third kappa shape index (κ3) is 3.91. The lowest BCUT2D eigenvalue weighted by molar-refractivity contribution is -0.118.